The highest BCUT2D eigenvalue weighted by Gasteiger charge is 2.14. The van der Waals surface area contributed by atoms with E-state index in [1.807, 2.05) is 18.2 Å². The van der Waals surface area contributed by atoms with Crippen molar-refractivity contribution in [2.75, 3.05) is 13.2 Å². The Morgan fingerprint density at radius 3 is 2.78 bits per heavy atom. The van der Waals surface area contributed by atoms with Gasteiger partial charge in [-0.25, -0.2) is 0 Å². The number of carbonyl (C=O) groups excluding carboxylic acids is 1. The molecule has 0 aliphatic carbocycles. The maximum atomic E-state index is 11.0. The summed E-state index contributed by atoms with van der Waals surface area (Å²) < 4.78 is 11.2. The van der Waals surface area contributed by atoms with Crippen LogP contribution in [0.4, 0.5) is 0 Å². The van der Waals surface area contributed by atoms with Crippen molar-refractivity contribution in [3.05, 3.63) is 23.8 Å². The van der Waals surface area contributed by atoms with Crippen LogP contribution < -0.4 is 15.2 Å². The van der Waals surface area contributed by atoms with Crippen LogP contribution in [0.5, 0.6) is 11.5 Å². The third-order valence-electron chi connectivity index (χ3n) is 3.01. The Morgan fingerprint density at radius 1 is 1.33 bits per heavy atom. The molecule has 1 atom stereocenters. The summed E-state index contributed by atoms with van der Waals surface area (Å²) >= 11 is 0. The lowest BCUT2D eigenvalue weighted by molar-refractivity contribution is -0.117. The maximum absolute atomic E-state index is 11.0. The van der Waals surface area contributed by atoms with Crippen LogP contribution in [0.15, 0.2) is 18.2 Å². The first kappa shape index (κ1) is 12.9. The second-order valence-corrected chi connectivity index (χ2v) is 4.60. The van der Waals surface area contributed by atoms with Gasteiger partial charge in [0.2, 0.25) is 0 Å². The number of ether oxygens (including phenoxy) is 2. The second kappa shape index (κ2) is 5.87. The molecule has 0 saturated heterocycles. The standard InChI is InChI=1S/C14H19NO3/c1-10(16)3-5-12(15)11-4-6-13-14(9-11)18-8-2-7-17-13/h4,6,9,12H,2-3,5,7-8,15H2,1H3. The molecule has 1 aliphatic heterocycles. The molecule has 0 radical (unpaired) electrons. The summed E-state index contributed by atoms with van der Waals surface area (Å²) in [5.74, 6) is 1.69. The molecule has 4 nitrogen and oxygen atoms in total. The van der Waals surface area contributed by atoms with E-state index >= 15 is 0 Å². The molecule has 0 spiro atoms. The molecule has 0 bridgehead atoms. The van der Waals surface area contributed by atoms with E-state index in [-0.39, 0.29) is 11.8 Å². The van der Waals surface area contributed by atoms with Crippen molar-refractivity contribution in [3.8, 4) is 11.5 Å². The number of nitrogens with two attached hydrogens (primary N) is 1. The number of hydrogen-bond donors (Lipinski definition) is 1. The summed E-state index contributed by atoms with van der Waals surface area (Å²) in [6, 6.07) is 5.62. The molecule has 0 aromatic heterocycles. The lowest BCUT2D eigenvalue weighted by atomic mass is 10.0. The predicted octanol–water partition coefficient (Wildman–Crippen LogP) is 2.22. The third-order valence-corrected chi connectivity index (χ3v) is 3.01. The first-order chi connectivity index (χ1) is 8.66. The minimum absolute atomic E-state index is 0.133. The lowest BCUT2D eigenvalue weighted by Gasteiger charge is -2.14. The van der Waals surface area contributed by atoms with Crippen LogP contribution in [-0.2, 0) is 4.79 Å². The molecule has 1 heterocycles. The number of Topliss-reactive ketones (excluding diaryl/α,β-unsaturated/α-hetero) is 1. The number of carbonyl (C=O) groups is 1. The van der Waals surface area contributed by atoms with Crippen molar-refractivity contribution < 1.29 is 14.3 Å². The highest BCUT2D eigenvalue weighted by Crippen LogP contribution is 2.32. The zero-order chi connectivity index (χ0) is 13.0. The van der Waals surface area contributed by atoms with Crippen LogP contribution in [0.1, 0.15) is 37.8 Å². The van der Waals surface area contributed by atoms with Crippen molar-refractivity contribution in [2.24, 2.45) is 5.73 Å². The van der Waals surface area contributed by atoms with E-state index in [1.165, 1.54) is 0 Å². The Morgan fingerprint density at radius 2 is 2.06 bits per heavy atom. The topological polar surface area (TPSA) is 61.6 Å². The van der Waals surface area contributed by atoms with E-state index in [0.29, 0.717) is 26.1 Å². The Bertz CT molecular complexity index is 431. The van der Waals surface area contributed by atoms with Gasteiger partial charge in [-0.05, 0) is 31.0 Å². The van der Waals surface area contributed by atoms with Crippen LogP contribution in [0.2, 0.25) is 0 Å². The number of rotatable bonds is 4. The van der Waals surface area contributed by atoms with Crippen LogP contribution in [0, 0.1) is 0 Å². The second-order valence-electron chi connectivity index (χ2n) is 4.60. The van der Waals surface area contributed by atoms with Crippen LogP contribution in [0.3, 0.4) is 0 Å². The van der Waals surface area contributed by atoms with E-state index in [9.17, 15) is 4.79 Å². The molecule has 1 unspecified atom stereocenters. The van der Waals surface area contributed by atoms with Crippen molar-refractivity contribution in [1.29, 1.82) is 0 Å². The first-order valence-electron chi connectivity index (χ1n) is 6.31. The molecular weight excluding hydrogens is 230 g/mol. The van der Waals surface area contributed by atoms with Gasteiger partial charge in [0.15, 0.2) is 11.5 Å². The molecule has 98 valence electrons. The van der Waals surface area contributed by atoms with E-state index < -0.39 is 0 Å². The molecule has 4 heteroatoms. The highest BCUT2D eigenvalue weighted by atomic mass is 16.5. The van der Waals surface area contributed by atoms with E-state index in [1.54, 1.807) is 6.92 Å². The fourth-order valence-electron chi connectivity index (χ4n) is 1.94. The quantitative estimate of drug-likeness (QED) is 0.888. The Hall–Kier alpha value is -1.55. The van der Waals surface area contributed by atoms with Gasteiger partial charge < -0.3 is 20.0 Å². The largest absolute Gasteiger partial charge is 0.490 e. The van der Waals surface area contributed by atoms with Gasteiger partial charge in [0, 0.05) is 18.9 Å². The van der Waals surface area contributed by atoms with Gasteiger partial charge in [0.1, 0.15) is 5.78 Å². The highest BCUT2D eigenvalue weighted by molar-refractivity contribution is 5.75. The summed E-state index contributed by atoms with van der Waals surface area (Å²) in [4.78, 5) is 11.0. The average Bonchev–Trinajstić information content (AvgIpc) is 2.60. The number of fused-ring (bicyclic) bond motifs is 1. The molecular formula is C14H19NO3. The Balaban J connectivity index is 2.09. The zero-order valence-electron chi connectivity index (χ0n) is 10.6. The van der Waals surface area contributed by atoms with Crippen molar-refractivity contribution in [3.63, 3.8) is 0 Å². The van der Waals surface area contributed by atoms with Crippen molar-refractivity contribution in [1.82, 2.24) is 0 Å². The molecule has 0 fully saturated rings. The summed E-state index contributed by atoms with van der Waals surface area (Å²) in [6.07, 6.45) is 2.06. The molecule has 18 heavy (non-hydrogen) atoms. The number of ketones is 1. The molecule has 1 aromatic carbocycles. The van der Waals surface area contributed by atoms with E-state index in [4.69, 9.17) is 15.2 Å². The van der Waals surface area contributed by atoms with Crippen LogP contribution >= 0.6 is 0 Å². The van der Waals surface area contributed by atoms with Gasteiger partial charge in [0.25, 0.3) is 0 Å². The Kier molecular flexibility index (Phi) is 4.20. The smallest absolute Gasteiger partial charge is 0.161 e. The van der Waals surface area contributed by atoms with Gasteiger partial charge in [-0.3, -0.25) is 0 Å². The Labute approximate surface area is 107 Å². The molecule has 0 amide bonds. The summed E-state index contributed by atoms with van der Waals surface area (Å²) in [6.45, 7) is 2.93. The summed E-state index contributed by atoms with van der Waals surface area (Å²) in [5, 5.41) is 0. The molecule has 2 rings (SSSR count). The van der Waals surface area contributed by atoms with Gasteiger partial charge in [-0.2, -0.15) is 0 Å². The van der Waals surface area contributed by atoms with Crippen molar-refractivity contribution in [2.45, 2.75) is 32.2 Å². The first-order valence-corrected chi connectivity index (χ1v) is 6.31. The van der Waals surface area contributed by atoms with Crippen LogP contribution in [-0.4, -0.2) is 19.0 Å². The van der Waals surface area contributed by atoms with Gasteiger partial charge >= 0.3 is 0 Å². The molecule has 0 saturated carbocycles. The minimum atomic E-state index is -0.133. The van der Waals surface area contributed by atoms with Crippen molar-refractivity contribution >= 4 is 5.78 Å². The number of benzene rings is 1. The molecule has 2 N–H and O–H groups in total. The summed E-state index contributed by atoms with van der Waals surface area (Å²) in [7, 11) is 0. The monoisotopic (exact) mass is 249 g/mol. The van der Waals surface area contributed by atoms with E-state index in [2.05, 4.69) is 0 Å². The lowest BCUT2D eigenvalue weighted by Crippen LogP contribution is -2.11. The molecule has 1 aliphatic rings. The third kappa shape index (κ3) is 3.23. The fraction of sp³-hybridized carbons (Fsp3) is 0.500. The zero-order valence-corrected chi connectivity index (χ0v) is 10.6. The normalized spacial score (nSPS) is 15.9. The van der Waals surface area contributed by atoms with Gasteiger partial charge in [-0.15, -0.1) is 0 Å². The predicted molar refractivity (Wildman–Crippen MR) is 68.9 cm³/mol. The summed E-state index contributed by atoms with van der Waals surface area (Å²) in [5.41, 5.74) is 7.05. The average molecular weight is 249 g/mol. The fourth-order valence-corrected chi connectivity index (χ4v) is 1.94. The minimum Gasteiger partial charge on any atom is -0.490 e. The SMILES string of the molecule is CC(=O)CCC(N)c1ccc2c(c1)OCCCO2. The van der Waals surface area contributed by atoms with Gasteiger partial charge in [0.05, 0.1) is 13.2 Å². The van der Waals surface area contributed by atoms with Crippen LogP contribution in [0.25, 0.3) is 0 Å². The number of hydrogen-bond acceptors (Lipinski definition) is 4. The van der Waals surface area contributed by atoms with E-state index in [0.717, 1.165) is 23.5 Å². The van der Waals surface area contributed by atoms with Gasteiger partial charge in [-0.1, -0.05) is 6.07 Å². The molecule has 1 aromatic rings. The maximum Gasteiger partial charge on any atom is 0.161 e.